The molecule has 17 heteroatoms. The summed E-state index contributed by atoms with van der Waals surface area (Å²) < 4.78 is 49.9. The van der Waals surface area contributed by atoms with Gasteiger partial charge in [-0.3, -0.25) is 4.79 Å². The number of aromatic nitrogens is 2. The van der Waals surface area contributed by atoms with E-state index in [-0.39, 0.29) is 11.3 Å². The smallest absolute Gasteiger partial charge is 0.335 e. The third kappa shape index (κ3) is 13.7. The third-order valence-electron chi connectivity index (χ3n) is 8.87. The van der Waals surface area contributed by atoms with Crippen molar-refractivity contribution in [3.63, 3.8) is 0 Å². The second kappa shape index (κ2) is 23.5. The Balaban J connectivity index is 0.00000257. The molecule has 0 spiro atoms. The normalized spacial score (nSPS) is 10.8. The highest BCUT2D eigenvalue weighted by atomic mass is 32.1. The van der Waals surface area contributed by atoms with Crippen molar-refractivity contribution in [2.75, 3.05) is 83.9 Å². The Bertz CT molecular complexity index is 2250. The van der Waals surface area contributed by atoms with Crippen LogP contribution in [0.3, 0.4) is 0 Å². The van der Waals surface area contributed by atoms with Gasteiger partial charge in [0.15, 0.2) is 5.75 Å². The minimum atomic E-state index is -0.750. The largest absolute Gasteiger partial charge is 0.497 e. The van der Waals surface area contributed by atoms with Crippen molar-refractivity contribution in [2.24, 2.45) is 0 Å². The molecule has 16 nitrogen and oxygen atoms in total. The fraction of sp³-hybridized carbons (Fsp3) is 0.349. The second-order valence-electron chi connectivity index (χ2n) is 14.0. The Morgan fingerprint density at radius 2 is 1.45 bits per heavy atom. The van der Waals surface area contributed by atoms with Crippen molar-refractivity contribution in [1.82, 2.24) is 15.3 Å². The molecular weight excluding hydrogens is 793 g/mol. The number of nitrogens with zero attached hydrogens (tertiary/aromatic N) is 2. The van der Waals surface area contributed by atoms with Crippen LogP contribution in [0, 0.1) is 0 Å². The van der Waals surface area contributed by atoms with E-state index in [0.29, 0.717) is 91.9 Å². The number of hydrogen-bond acceptors (Lipinski definition) is 13. The minimum Gasteiger partial charge on any atom is -0.497 e. The standard InChI is InChI=1S/C43H52N6O8.O2S/c1-43(2,3)30-26-35(44-4)40(54-7)36(27-30)48-42(51)47-34-12-13-37(33-11-9-8-10-32(33)34)57-39-14-15-45-38(49-39)24-28-22-29(25-31(23-28)53-6)41(50)46-16-17-55-20-21-56-19-18-52-5;1-3-2/h8-15,22-23,25-27,44H,16-21,24H2,1-7H3,(H,46,50)(H2,47,48,51);. The molecule has 0 bridgehead atoms. The number of fused-ring (bicyclic) bond motifs is 1. The highest BCUT2D eigenvalue weighted by Gasteiger charge is 2.21. The molecule has 1 aromatic heterocycles. The van der Waals surface area contributed by atoms with Crippen LogP contribution in [0.4, 0.5) is 21.9 Å². The number of benzene rings is 4. The van der Waals surface area contributed by atoms with Gasteiger partial charge in [0.2, 0.25) is 5.88 Å². The summed E-state index contributed by atoms with van der Waals surface area (Å²) in [6.07, 6.45) is 1.94. The van der Waals surface area contributed by atoms with Crippen LogP contribution in [0.2, 0.25) is 0 Å². The molecule has 0 aliphatic carbocycles. The number of amides is 3. The minimum absolute atomic E-state index is 0.157. The molecule has 0 saturated carbocycles. The van der Waals surface area contributed by atoms with E-state index in [9.17, 15) is 9.59 Å². The number of carbonyl (C=O) groups excluding carboxylic acids is 2. The van der Waals surface area contributed by atoms with Gasteiger partial charge in [0.25, 0.3) is 5.91 Å². The molecule has 0 radical (unpaired) electrons. The topological polar surface area (TPSA) is 198 Å². The molecule has 0 aliphatic heterocycles. The maximum atomic E-state index is 13.4. The highest BCUT2D eigenvalue weighted by Crippen LogP contribution is 2.39. The van der Waals surface area contributed by atoms with Gasteiger partial charge >= 0.3 is 17.6 Å². The van der Waals surface area contributed by atoms with Gasteiger partial charge in [-0.05, 0) is 59.0 Å². The van der Waals surface area contributed by atoms with Gasteiger partial charge in [0, 0.05) is 55.7 Å². The highest BCUT2D eigenvalue weighted by molar-refractivity contribution is 7.51. The number of ether oxygens (including phenoxy) is 6. The molecule has 0 unspecified atom stereocenters. The number of rotatable bonds is 19. The zero-order valence-corrected chi connectivity index (χ0v) is 35.7. The van der Waals surface area contributed by atoms with E-state index in [4.69, 9.17) is 36.8 Å². The first-order valence-electron chi connectivity index (χ1n) is 19.0. The van der Waals surface area contributed by atoms with Crippen LogP contribution in [0.5, 0.6) is 23.1 Å². The number of anilines is 3. The van der Waals surface area contributed by atoms with Gasteiger partial charge < -0.3 is 49.7 Å². The maximum Gasteiger partial charge on any atom is 0.335 e. The monoisotopic (exact) mass is 844 g/mol. The quantitative estimate of drug-likeness (QED) is 0.0638. The van der Waals surface area contributed by atoms with E-state index < -0.39 is 17.6 Å². The summed E-state index contributed by atoms with van der Waals surface area (Å²) in [5.41, 5.74) is 4.00. The summed E-state index contributed by atoms with van der Waals surface area (Å²) in [4.78, 5) is 35.6. The second-order valence-corrected chi connectivity index (χ2v) is 14.2. The van der Waals surface area contributed by atoms with E-state index in [0.717, 1.165) is 27.6 Å². The Hall–Kier alpha value is -6.14. The fourth-order valence-electron chi connectivity index (χ4n) is 5.94. The lowest BCUT2D eigenvalue weighted by Gasteiger charge is -2.23. The molecule has 5 aromatic rings. The first kappa shape index (κ1) is 46.5. The molecule has 0 atom stereocenters. The van der Waals surface area contributed by atoms with Crippen molar-refractivity contribution in [1.29, 1.82) is 0 Å². The van der Waals surface area contributed by atoms with E-state index in [1.165, 1.54) is 0 Å². The SMILES string of the molecule is CNc1cc(C(C)(C)C)cc(NC(=O)Nc2ccc(Oc3ccnc(Cc4cc(OC)cc(C(=O)NCCOCCOCCOC)c4)n3)c3ccccc23)c1OC.O=S=O. The summed E-state index contributed by atoms with van der Waals surface area (Å²) in [5, 5.41) is 13.6. The lowest BCUT2D eigenvalue weighted by molar-refractivity contribution is 0.0255. The number of nitrogens with one attached hydrogen (secondary N) is 4. The van der Waals surface area contributed by atoms with Crippen LogP contribution in [-0.4, -0.2) is 98.3 Å². The Morgan fingerprint density at radius 3 is 2.13 bits per heavy atom. The third-order valence-corrected chi connectivity index (χ3v) is 8.87. The van der Waals surface area contributed by atoms with Gasteiger partial charge in [0.05, 0.1) is 64.3 Å². The Kier molecular flexibility index (Phi) is 18.2. The van der Waals surface area contributed by atoms with Gasteiger partial charge in [-0.25, -0.2) is 9.78 Å². The van der Waals surface area contributed by atoms with Crippen molar-refractivity contribution < 1.29 is 46.4 Å². The van der Waals surface area contributed by atoms with Gasteiger partial charge in [-0.15, -0.1) is 0 Å². The fourth-order valence-corrected chi connectivity index (χ4v) is 5.94. The molecule has 5 rings (SSSR count). The average molecular weight is 845 g/mol. The molecule has 4 N–H and O–H groups in total. The van der Waals surface area contributed by atoms with Gasteiger partial charge in [-0.1, -0.05) is 45.0 Å². The molecule has 0 aliphatic rings. The molecule has 0 saturated heterocycles. The van der Waals surface area contributed by atoms with Crippen LogP contribution in [0.1, 0.15) is 48.1 Å². The zero-order valence-electron chi connectivity index (χ0n) is 34.8. The average Bonchev–Trinajstić information content (AvgIpc) is 3.23. The van der Waals surface area contributed by atoms with Crippen molar-refractivity contribution in [3.8, 4) is 23.1 Å². The molecule has 1 heterocycles. The summed E-state index contributed by atoms with van der Waals surface area (Å²) in [6, 6.07) is 21.7. The molecule has 60 heavy (non-hydrogen) atoms. The van der Waals surface area contributed by atoms with Crippen LogP contribution in [-0.2, 0) is 37.6 Å². The predicted molar refractivity (Wildman–Crippen MR) is 231 cm³/mol. The predicted octanol–water partition coefficient (Wildman–Crippen LogP) is 6.75. The molecule has 4 aromatic carbocycles. The Labute approximate surface area is 353 Å². The summed E-state index contributed by atoms with van der Waals surface area (Å²) >= 11 is -0.750. The lowest BCUT2D eigenvalue weighted by Crippen LogP contribution is -2.27. The van der Waals surface area contributed by atoms with Crippen molar-refractivity contribution in [3.05, 3.63) is 102 Å². The Morgan fingerprint density at radius 1 is 0.767 bits per heavy atom. The van der Waals surface area contributed by atoms with Gasteiger partial charge in [-0.2, -0.15) is 13.4 Å². The van der Waals surface area contributed by atoms with Gasteiger partial charge in [0.1, 0.15) is 17.3 Å². The lowest BCUT2D eigenvalue weighted by atomic mass is 9.86. The van der Waals surface area contributed by atoms with Crippen LogP contribution < -0.4 is 35.5 Å². The van der Waals surface area contributed by atoms with E-state index in [2.05, 4.69) is 52.0 Å². The van der Waals surface area contributed by atoms with Crippen molar-refractivity contribution in [2.45, 2.75) is 32.6 Å². The number of methoxy groups -OCH3 is 3. The van der Waals surface area contributed by atoms with Crippen LogP contribution in [0.25, 0.3) is 10.8 Å². The number of hydrogen-bond donors (Lipinski definition) is 4. The summed E-state index contributed by atoms with van der Waals surface area (Å²) in [5.74, 6) is 2.17. The first-order chi connectivity index (χ1) is 28.9. The summed E-state index contributed by atoms with van der Waals surface area (Å²) in [6.45, 7) is 8.93. The van der Waals surface area contributed by atoms with E-state index in [1.54, 1.807) is 57.9 Å². The molecule has 3 amide bonds. The molecular formula is C43H52N6O10S. The van der Waals surface area contributed by atoms with E-state index >= 15 is 0 Å². The first-order valence-corrected chi connectivity index (χ1v) is 19.6. The van der Waals surface area contributed by atoms with Crippen LogP contribution >= 0.6 is 0 Å². The van der Waals surface area contributed by atoms with Crippen molar-refractivity contribution >= 4 is 51.3 Å². The number of urea groups is 1. The van der Waals surface area contributed by atoms with E-state index in [1.807, 2.05) is 49.5 Å². The molecule has 320 valence electrons. The molecule has 0 fully saturated rings. The zero-order chi connectivity index (χ0) is 43.5. The number of carbonyl (C=O) groups is 2. The maximum absolute atomic E-state index is 13.4. The summed E-state index contributed by atoms with van der Waals surface area (Å²) in [7, 11) is 6.56. The van der Waals surface area contributed by atoms with Crippen LogP contribution in [0.15, 0.2) is 79.0 Å².